The van der Waals surface area contributed by atoms with Gasteiger partial charge in [0.25, 0.3) is 5.56 Å². The van der Waals surface area contributed by atoms with Gasteiger partial charge in [-0.2, -0.15) is 0 Å². The van der Waals surface area contributed by atoms with Gasteiger partial charge in [0.2, 0.25) is 5.91 Å². The lowest BCUT2D eigenvalue weighted by Gasteiger charge is -2.10. The van der Waals surface area contributed by atoms with Crippen molar-refractivity contribution >= 4 is 16.8 Å². The number of fused-ring (bicyclic) bond motifs is 1. The fraction of sp³-hybridized carbons (Fsp3) is 0.500. The number of para-hydroxylation sites is 1. The number of amides is 1. The molecule has 1 heterocycles. The van der Waals surface area contributed by atoms with Crippen LogP contribution < -0.4 is 10.9 Å². The molecule has 5 heteroatoms. The van der Waals surface area contributed by atoms with E-state index >= 15 is 0 Å². The molecule has 1 aromatic heterocycles. The van der Waals surface area contributed by atoms with Crippen LogP contribution in [-0.2, 0) is 11.3 Å². The summed E-state index contributed by atoms with van der Waals surface area (Å²) in [5.74, 6) is 1.45. The van der Waals surface area contributed by atoms with Crippen molar-refractivity contribution in [2.24, 2.45) is 5.92 Å². The zero-order valence-electron chi connectivity index (χ0n) is 13.7. The highest BCUT2D eigenvalue weighted by molar-refractivity contribution is 5.77. The Morgan fingerprint density at radius 2 is 2.17 bits per heavy atom. The maximum Gasteiger partial charge on any atom is 0.261 e. The summed E-state index contributed by atoms with van der Waals surface area (Å²) in [5, 5.41) is 3.69. The monoisotopic (exact) mass is 313 g/mol. The molecule has 1 aromatic carbocycles. The lowest BCUT2D eigenvalue weighted by atomic mass is 10.2. The maximum absolute atomic E-state index is 12.5. The van der Waals surface area contributed by atoms with Crippen molar-refractivity contribution in [3.05, 3.63) is 40.4 Å². The van der Waals surface area contributed by atoms with Crippen LogP contribution >= 0.6 is 0 Å². The van der Waals surface area contributed by atoms with Crippen molar-refractivity contribution in [1.82, 2.24) is 14.9 Å². The van der Waals surface area contributed by atoms with Gasteiger partial charge < -0.3 is 5.32 Å². The molecule has 0 spiro atoms. The van der Waals surface area contributed by atoms with E-state index in [-0.39, 0.29) is 11.5 Å². The van der Waals surface area contributed by atoms with Crippen molar-refractivity contribution in [2.75, 3.05) is 0 Å². The lowest BCUT2D eigenvalue weighted by Crippen LogP contribution is -2.28. The summed E-state index contributed by atoms with van der Waals surface area (Å²) in [6.45, 7) is 4.51. The first-order valence-electron chi connectivity index (χ1n) is 8.35. The molecule has 3 rings (SSSR count). The molecule has 2 atom stereocenters. The number of benzene rings is 1. The number of carbonyl (C=O) groups is 1. The molecule has 1 aliphatic rings. The Balaban J connectivity index is 1.61. The minimum atomic E-state index is -0.0262. The molecule has 0 bridgehead atoms. The quantitative estimate of drug-likeness (QED) is 0.890. The first kappa shape index (κ1) is 15.7. The van der Waals surface area contributed by atoms with Gasteiger partial charge in [-0.15, -0.1) is 0 Å². The third-order valence-electron chi connectivity index (χ3n) is 4.63. The van der Waals surface area contributed by atoms with E-state index in [0.29, 0.717) is 42.6 Å². The highest BCUT2D eigenvalue weighted by Gasteiger charge is 2.36. The molecule has 1 N–H and O–H groups in total. The molecule has 0 aliphatic heterocycles. The summed E-state index contributed by atoms with van der Waals surface area (Å²) in [4.78, 5) is 28.9. The molecule has 0 saturated heterocycles. The predicted molar refractivity (Wildman–Crippen MR) is 90.3 cm³/mol. The number of nitrogens with zero attached hydrogens (tertiary/aromatic N) is 2. The van der Waals surface area contributed by atoms with Gasteiger partial charge in [0.15, 0.2) is 0 Å². The molecule has 1 amide bonds. The predicted octanol–water partition coefficient (Wildman–Crippen LogP) is 2.40. The third-order valence-corrected chi connectivity index (χ3v) is 4.63. The Bertz CT molecular complexity index is 781. The van der Waals surface area contributed by atoms with Crippen LogP contribution in [0, 0.1) is 12.8 Å². The van der Waals surface area contributed by atoms with Crippen LogP contribution in [0.1, 0.15) is 38.4 Å². The Kier molecular flexibility index (Phi) is 4.46. The van der Waals surface area contributed by atoms with Gasteiger partial charge in [-0.25, -0.2) is 4.98 Å². The van der Waals surface area contributed by atoms with E-state index < -0.39 is 0 Å². The Morgan fingerprint density at radius 1 is 1.39 bits per heavy atom. The average Bonchev–Trinajstić information content (AvgIpc) is 3.28. The van der Waals surface area contributed by atoms with Crippen LogP contribution in [0.15, 0.2) is 29.1 Å². The first-order valence-corrected chi connectivity index (χ1v) is 8.35. The van der Waals surface area contributed by atoms with Crippen LogP contribution in [0.5, 0.6) is 0 Å². The van der Waals surface area contributed by atoms with Gasteiger partial charge in [0.05, 0.1) is 10.9 Å². The zero-order valence-corrected chi connectivity index (χ0v) is 13.7. The molecule has 2 aromatic rings. The van der Waals surface area contributed by atoms with Crippen LogP contribution in [0.25, 0.3) is 10.9 Å². The van der Waals surface area contributed by atoms with Crippen molar-refractivity contribution in [2.45, 2.75) is 52.1 Å². The van der Waals surface area contributed by atoms with E-state index in [2.05, 4.69) is 17.2 Å². The van der Waals surface area contributed by atoms with Gasteiger partial charge in [0, 0.05) is 19.0 Å². The molecule has 5 nitrogen and oxygen atoms in total. The van der Waals surface area contributed by atoms with Gasteiger partial charge in [-0.05, 0) is 37.8 Å². The fourth-order valence-corrected chi connectivity index (χ4v) is 3.09. The largest absolute Gasteiger partial charge is 0.353 e. The number of aryl methyl sites for hydroxylation is 1. The van der Waals surface area contributed by atoms with Crippen molar-refractivity contribution in [3.8, 4) is 0 Å². The number of carbonyl (C=O) groups excluding carboxylic acids is 1. The maximum atomic E-state index is 12.5. The third kappa shape index (κ3) is 3.44. The molecule has 23 heavy (non-hydrogen) atoms. The molecule has 122 valence electrons. The number of aromatic nitrogens is 2. The second-order valence-corrected chi connectivity index (χ2v) is 6.31. The van der Waals surface area contributed by atoms with Crippen molar-refractivity contribution in [1.29, 1.82) is 0 Å². The van der Waals surface area contributed by atoms with Crippen LogP contribution in [0.2, 0.25) is 0 Å². The molecule has 0 radical (unpaired) electrons. The summed E-state index contributed by atoms with van der Waals surface area (Å²) in [6, 6.07) is 7.74. The van der Waals surface area contributed by atoms with Crippen molar-refractivity contribution in [3.63, 3.8) is 0 Å². The molecule has 2 unspecified atom stereocenters. The first-order chi connectivity index (χ1) is 11.1. The minimum absolute atomic E-state index is 0.0262. The number of nitrogens with one attached hydrogen (secondary N) is 1. The summed E-state index contributed by atoms with van der Waals surface area (Å²) in [6.07, 6.45) is 3.33. The van der Waals surface area contributed by atoms with Gasteiger partial charge in [-0.1, -0.05) is 25.5 Å². The molecule has 1 aliphatic carbocycles. The van der Waals surface area contributed by atoms with E-state index in [0.717, 1.165) is 18.4 Å². The molecule has 1 saturated carbocycles. The van der Waals surface area contributed by atoms with Crippen molar-refractivity contribution < 1.29 is 4.79 Å². The smallest absolute Gasteiger partial charge is 0.261 e. The van der Waals surface area contributed by atoms with Crippen LogP contribution in [0.3, 0.4) is 0 Å². The van der Waals surface area contributed by atoms with Crippen LogP contribution in [0.4, 0.5) is 0 Å². The normalized spacial score (nSPS) is 19.7. The van der Waals surface area contributed by atoms with E-state index in [1.54, 1.807) is 10.6 Å². The second kappa shape index (κ2) is 6.52. The van der Waals surface area contributed by atoms with Gasteiger partial charge >= 0.3 is 0 Å². The summed E-state index contributed by atoms with van der Waals surface area (Å²) in [5.41, 5.74) is 0.699. The Morgan fingerprint density at radius 3 is 2.91 bits per heavy atom. The number of hydrogen-bond acceptors (Lipinski definition) is 3. The molecule has 1 fully saturated rings. The molecular formula is C18H23N3O2. The van der Waals surface area contributed by atoms with E-state index in [9.17, 15) is 9.59 Å². The standard InChI is InChI=1S/C18H23N3O2/c1-3-13-11-16(13)20-17(22)9-6-10-21-12(2)19-15-8-5-4-7-14(15)18(21)23/h4-5,7-8,13,16H,3,6,9-11H2,1-2H3,(H,20,22). The summed E-state index contributed by atoms with van der Waals surface area (Å²) >= 11 is 0. The van der Waals surface area contributed by atoms with E-state index in [1.165, 1.54) is 0 Å². The van der Waals surface area contributed by atoms with Gasteiger partial charge in [0.1, 0.15) is 5.82 Å². The summed E-state index contributed by atoms with van der Waals surface area (Å²) < 4.78 is 1.67. The highest BCUT2D eigenvalue weighted by Crippen LogP contribution is 2.33. The Labute approximate surface area is 135 Å². The fourth-order valence-electron chi connectivity index (χ4n) is 3.09. The molecular weight excluding hydrogens is 290 g/mol. The van der Waals surface area contributed by atoms with E-state index in [4.69, 9.17) is 0 Å². The van der Waals surface area contributed by atoms with Gasteiger partial charge in [-0.3, -0.25) is 14.2 Å². The highest BCUT2D eigenvalue weighted by atomic mass is 16.1. The van der Waals surface area contributed by atoms with E-state index in [1.807, 2.05) is 25.1 Å². The minimum Gasteiger partial charge on any atom is -0.353 e. The second-order valence-electron chi connectivity index (χ2n) is 6.31. The summed E-state index contributed by atoms with van der Waals surface area (Å²) in [7, 11) is 0. The topological polar surface area (TPSA) is 64.0 Å². The number of hydrogen-bond donors (Lipinski definition) is 1. The average molecular weight is 313 g/mol. The lowest BCUT2D eigenvalue weighted by molar-refractivity contribution is -0.121. The SMILES string of the molecule is CCC1CC1NC(=O)CCCn1c(C)nc2ccccc2c1=O. The number of rotatable bonds is 6. The Hall–Kier alpha value is -2.17. The zero-order chi connectivity index (χ0) is 16.4. The van der Waals surface area contributed by atoms with Crippen LogP contribution in [-0.4, -0.2) is 21.5 Å².